The Bertz CT molecular complexity index is 1180. The van der Waals surface area contributed by atoms with Crippen LogP contribution in [-0.4, -0.2) is 40.8 Å². The molecule has 0 spiro atoms. The first-order valence-electron chi connectivity index (χ1n) is 10.8. The number of nitrogens with zero attached hydrogens (tertiary/aromatic N) is 3. The highest BCUT2D eigenvalue weighted by Gasteiger charge is 2.23. The summed E-state index contributed by atoms with van der Waals surface area (Å²) in [5, 5.41) is 0. The van der Waals surface area contributed by atoms with Gasteiger partial charge in [-0.25, -0.2) is 4.98 Å². The molecule has 0 amide bonds. The molecule has 0 atom stereocenters. The van der Waals surface area contributed by atoms with Crippen LogP contribution in [0.2, 0.25) is 0 Å². The van der Waals surface area contributed by atoms with Crippen molar-refractivity contribution < 1.29 is 4.74 Å². The van der Waals surface area contributed by atoms with E-state index in [0.29, 0.717) is 12.4 Å². The number of ether oxygens (including phenoxy) is 1. The highest BCUT2D eigenvalue weighted by Crippen LogP contribution is 2.35. The fourth-order valence-electron chi connectivity index (χ4n) is 4.32. The number of rotatable bonds is 5. The lowest BCUT2D eigenvalue weighted by Gasteiger charge is -2.27. The van der Waals surface area contributed by atoms with Crippen molar-refractivity contribution in [2.45, 2.75) is 38.8 Å². The van der Waals surface area contributed by atoms with Gasteiger partial charge in [-0.2, -0.15) is 0 Å². The van der Waals surface area contributed by atoms with Gasteiger partial charge in [0.05, 0.1) is 24.1 Å². The van der Waals surface area contributed by atoms with E-state index in [4.69, 9.17) is 9.72 Å². The van der Waals surface area contributed by atoms with E-state index in [1.807, 2.05) is 18.2 Å². The molecule has 2 aliphatic heterocycles. The number of aliphatic imine (C=N–C) groups is 1. The zero-order chi connectivity index (χ0) is 21.2. The molecule has 2 aromatic heterocycles. The standard InChI is InChI=1S/C24H26N4O2S/c1-30-21-8-3-2-6-17(21)22-10-9-16(31-22)14-28-13-11-19-18(15-28)24(29)27-23(26-19)20-7-4-5-12-25-20/h2-3,6,8-10H,4-5,7,11-15H2,1H3,(H,26,27,29). The monoisotopic (exact) mass is 434 g/mol. The van der Waals surface area contributed by atoms with Crippen LogP contribution in [-0.2, 0) is 19.5 Å². The summed E-state index contributed by atoms with van der Waals surface area (Å²) in [6.45, 7) is 3.19. The van der Waals surface area contributed by atoms with E-state index in [9.17, 15) is 4.79 Å². The third kappa shape index (κ3) is 4.20. The van der Waals surface area contributed by atoms with Crippen LogP contribution < -0.4 is 10.3 Å². The Balaban J connectivity index is 1.32. The summed E-state index contributed by atoms with van der Waals surface area (Å²) in [6, 6.07) is 12.4. The van der Waals surface area contributed by atoms with Gasteiger partial charge in [-0.3, -0.25) is 14.7 Å². The number of aromatic amines is 1. The van der Waals surface area contributed by atoms with Gasteiger partial charge >= 0.3 is 0 Å². The lowest BCUT2D eigenvalue weighted by molar-refractivity contribution is 0.244. The average molecular weight is 435 g/mol. The van der Waals surface area contributed by atoms with Gasteiger partial charge in [0.15, 0.2) is 5.82 Å². The molecule has 4 heterocycles. The molecule has 1 aromatic carbocycles. The second-order valence-corrected chi connectivity index (χ2v) is 9.22. The van der Waals surface area contributed by atoms with Crippen LogP contribution >= 0.6 is 11.3 Å². The largest absolute Gasteiger partial charge is 0.496 e. The van der Waals surface area contributed by atoms with Gasteiger partial charge in [0.2, 0.25) is 0 Å². The first kappa shape index (κ1) is 20.2. The number of methoxy groups -OCH3 is 1. The van der Waals surface area contributed by atoms with Gasteiger partial charge in [0, 0.05) is 47.9 Å². The van der Waals surface area contributed by atoms with Crippen molar-refractivity contribution in [3.05, 3.63) is 68.7 Å². The Morgan fingerprint density at radius 2 is 2.06 bits per heavy atom. The molecule has 6 nitrogen and oxygen atoms in total. The summed E-state index contributed by atoms with van der Waals surface area (Å²) >= 11 is 1.78. The molecule has 31 heavy (non-hydrogen) atoms. The number of hydrogen-bond donors (Lipinski definition) is 1. The van der Waals surface area contributed by atoms with E-state index < -0.39 is 0 Å². The molecular formula is C24H26N4O2S. The van der Waals surface area contributed by atoms with Gasteiger partial charge in [-0.05, 0) is 43.5 Å². The summed E-state index contributed by atoms with van der Waals surface area (Å²) < 4.78 is 5.51. The van der Waals surface area contributed by atoms with Gasteiger partial charge in [0.25, 0.3) is 5.56 Å². The molecular weight excluding hydrogens is 408 g/mol. The van der Waals surface area contributed by atoms with E-state index >= 15 is 0 Å². The SMILES string of the molecule is COc1ccccc1-c1ccc(CN2CCc3nc(C4=NCCCC4)[nH]c(=O)c3C2)s1. The van der Waals surface area contributed by atoms with Crippen LogP contribution in [0.15, 0.2) is 46.2 Å². The summed E-state index contributed by atoms with van der Waals surface area (Å²) in [5.41, 5.74) is 3.79. The molecule has 0 saturated carbocycles. The Morgan fingerprint density at radius 1 is 1.16 bits per heavy atom. The van der Waals surface area contributed by atoms with Crippen LogP contribution in [0.4, 0.5) is 0 Å². The van der Waals surface area contributed by atoms with Gasteiger partial charge in [0.1, 0.15) is 5.75 Å². The zero-order valence-electron chi connectivity index (χ0n) is 17.7. The molecule has 0 unspecified atom stereocenters. The van der Waals surface area contributed by atoms with E-state index in [1.165, 1.54) is 9.75 Å². The van der Waals surface area contributed by atoms with Crippen LogP contribution in [0, 0.1) is 0 Å². The van der Waals surface area contributed by atoms with Crippen LogP contribution in [0.5, 0.6) is 5.75 Å². The van der Waals surface area contributed by atoms with Crippen LogP contribution in [0.25, 0.3) is 10.4 Å². The summed E-state index contributed by atoms with van der Waals surface area (Å²) in [6.07, 6.45) is 3.94. The molecule has 7 heteroatoms. The lowest BCUT2D eigenvalue weighted by Crippen LogP contribution is -2.36. The molecule has 1 N–H and O–H groups in total. The molecule has 0 fully saturated rings. The molecule has 0 aliphatic carbocycles. The summed E-state index contributed by atoms with van der Waals surface area (Å²) in [4.78, 5) is 29.9. The number of fused-ring (bicyclic) bond motifs is 1. The van der Waals surface area contributed by atoms with Crippen molar-refractivity contribution in [3.63, 3.8) is 0 Å². The molecule has 0 bridgehead atoms. The van der Waals surface area contributed by atoms with Gasteiger partial charge in [-0.1, -0.05) is 12.1 Å². The Kier molecular flexibility index (Phi) is 5.70. The maximum atomic E-state index is 12.8. The predicted molar refractivity (Wildman–Crippen MR) is 124 cm³/mol. The first-order chi connectivity index (χ1) is 15.2. The third-order valence-corrected chi connectivity index (χ3v) is 7.06. The minimum Gasteiger partial charge on any atom is -0.496 e. The number of hydrogen-bond acceptors (Lipinski definition) is 6. The minimum absolute atomic E-state index is 0.0149. The van der Waals surface area contributed by atoms with Crippen molar-refractivity contribution in [1.29, 1.82) is 0 Å². The maximum Gasteiger partial charge on any atom is 0.255 e. The number of thiophene rings is 1. The molecule has 3 aromatic rings. The zero-order valence-corrected chi connectivity index (χ0v) is 18.5. The van der Waals surface area contributed by atoms with Crippen molar-refractivity contribution in [2.24, 2.45) is 4.99 Å². The second kappa shape index (κ2) is 8.77. The normalized spacial score (nSPS) is 16.6. The molecule has 2 aliphatic rings. The fourth-order valence-corrected chi connectivity index (χ4v) is 5.40. The number of benzene rings is 1. The molecule has 5 rings (SSSR count). The quantitative estimate of drug-likeness (QED) is 0.658. The van der Waals surface area contributed by atoms with Crippen LogP contribution in [0.3, 0.4) is 0 Å². The maximum absolute atomic E-state index is 12.8. The minimum atomic E-state index is -0.0149. The highest BCUT2D eigenvalue weighted by atomic mass is 32.1. The number of nitrogens with one attached hydrogen (secondary N) is 1. The lowest BCUT2D eigenvalue weighted by atomic mass is 10.1. The second-order valence-electron chi connectivity index (χ2n) is 8.05. The molecule has 0 radical (unpaired) electrons. The Labute approximate surface area is 185 Å². The van der Waals surface area contributed by atoms with Gasteiger partial charge < -0.3 is 9.72 Å². The molecule has 0 saturated heterocycles. The van der Waals surface area contributed by atoms with E-state index in [0.717, 1.165) is 73.6 Å². The Hall–Kier alpha value is -2.77. The smallest absolute Gasteiger partial charge is 0.255 e. The first-order valence-corrected chi connectivity index (χ1v) is 11.6. The predicted octanol–water partition coefficient (Wildman–Crippen LogP) is 4.04. The topological polar surface area (TPSA) is 70.6 Å². The van der Waals surface area contributed by atoms with E-state index in [1.54, 1.807) is 18.4 Å². The fraction of sp³-hybridized carbons (Fsp3) is 0.375. The summed E-state index contributed by atoms with van der Waals surface area (Å²) in [7, 11) is 1.70. The third-order valence-electron chi connectivity index (χ3n) is 5.96. The number of para-hydroxylation sites is 1. The average Bonchev–Trinajstić information content (AvgIpc) is 3.28. The number of aromatic nitrogens is 2. The Morgan fingerprint density at radius 3 is 2.90 bits per heavy atom. The number of H-pyrrole nitrogens is 1. The van der Waals surface area contributed by atoms with E-state index in [2.05, 4.69) is 33.1 Å². The highest BCUT2D eigenvalue weighted by molar-refractivity contribution is 7.15. The van der Waals surface area contributed by atoms with Crippen LogP contribution in [0.1, 0.15) is 41.2 Å². The van der Waals surface area contributed by atoms with E-state index in [-0.39, 0.29) is 5.56 Å². The van der Waals surface area contributed by atoms with Gasteiger partial charge in [-0.15, -0.1) is 11.3 Å². The summed E-state index contributed by atoms with van der Waals surface area (Å²) in [5.74, 6) is 1.57. The molecule has 160 valence electrons. The van der Waals surface area contributed by atoms with Crippen molar-refractivity contribution in [1.82, 2.24) is 14.9 Å². The van der Waals surface area contributed by atoms with Crippen molar-refractivity contribution in [3.8, 4) is 16.2 Å². The van der Waals surface area contributed by atoms with Crippen molar-refractivity contribution in [2.75, 3.05) is 20.2 Å². The van der Waals surface area contributed by atoms with Crippen molar-refractivity contribution >= 4 is 17.0 Å².